The first-order chi connectivity index (χ1) is 14.7. The summed E-state index contributed by atoms with van der Waals surface area (Å²) >= 11 is 11.9. The van der Waals surface area contributed by atoms with E-state index in [2.05, 4.69) is 10.6 Å². The van der Waals surface area contributed by atoms with Crippen LogP contribution in [0.4, 0.5) is 18.9 Å². The molecule has 1 saturated carbocycles. The van der Waals surface area contributed by atoms with Gasteiger partial charge in [-0.1, -0.05) is 48.5 Å². The summed E-state index contributed by atoms with van der Waals surface area (Å²) in [5, 5.41) is 4.93. The van der Waals surface area contributed by atoms with Crippen molar-refractivity contribution in [1.82, 2.24) is 5.32 Å². The highest BCUT2D eigenvalue weighted by Gasteiger charge is 2.34. The fourth-order valence-corrected chi connectivity index (χ4v) is 4.14. The number of halogens is 5. The number of benzene rings is 2. The Morgan fingerprint density at radius 3 is 2.35 bits per heavy atom. The lowest BCUT2D eigenvalue weighted by Crippen LogP contribution is -2.31. The summed E-state index contributed by atoms with van der Waals surface area (Å²) < 4.78 is 39.3. The van der Waals surface area contributed by atoms with Crippen LogP contribution >= 0.6 is 23.2 Å². The molecule has 0 spiro atoms. The van der Waals surface area contributed by atoms with Crippen molar-refractivity contribution in [1.29, 1.82) is 0 Å². The lowest BCUT2D eigenvalue weighted by Gasteiger charge is -2.22. The minimum atomic E-state index is -4.70. The second kappa shape index (κ2) is 9.92. The van der Waals surface area contributed by atoms with Crippen molar-refractivity contribution >= 4 is 40.7 Å². The van der Waals surface area contributed by atoms with Crippen LogP contribution in [-0.2, 0) is 6.18 Å². The molecule has 2 N–H and O–H groups in total. The van der Waals surface area contributed by atoms with Gasteiger partial charge in [0.25, 0.3) is 11.8 Å². The molecule has 31 heavy (non-hydrogen) atoms. The van der Waals surface area contributed by atoms with Gasteiger partial charge in [-0.25, -0.2) is 0 Å². The van der Waals surface area contributed by atoms with E-state index in [1.165, 1.54) is 30.7 Å². The van der Waals surface area contributed by atoms with Crippen LogP contribution in [0.25, 0.3) is 0 Å². The van der Waals surface area contributed by atoms with Gasteiger partial charge in [0.1, 0.15) is 0 Å². The normalized spacial score (nSPS) is 14.9. The monoisotopic (exact) mass is 472 g/mol. The molecule has 0 bridgehead atoms. The zero-order chi connectivity index (χ0) is 22.6. The molecule has 0 heterocycles. The molecule has 0 radical (unpaired) electrons. The molecule has 166 valence electrons. The van der Waals surface area contributed by atoms with E-state index in [1.54, 1.807) is 0 Å². The van der Waals surface area contributed by atoms with Crippen LogP contribution in [0.3, 0.4) is 0 Å². The van der Waals surface area contributed by atoms with Crippen LogP contribution in [0.2, 0.25) is 10.0 Å². The molecule has 2 aromatic rings. The van der Waals surface area contributed by atoms with Gasteiger partial charge in [0.15, 0.2) is 0 Å². The van der Waals surface area contributed by atoms with Gasteiger partial charge >= 0.3 is 6.18 Å². The van der Waals surface area contributed by atoms with Gasteiger partial charge in [-0.15, -0.1) is 0 Å². The van der Waals surface area contributed by atoms with Crippen LogP contribution < -0.4 is 10.6 Å². The molecule has 0 aromatic heterocycles. The third-order valence-corrected chi connectivity index (χ3v) is 5.94. The summed E-state index contributed by atoms with van der Waals surface area (Å²) in [7, 11) is 0. The van der Waals surface area contributed by atoms with Crippen molar-refractivity contribution in [2.24, 2.45) is 5.92 Å². The molecule has 4 nitrogen and oxygen atoms in total. The average molecular weight is 473 g/mol. The Labute approximate surface area is 188 Å². The maximum absolute atomic E-state index is 13.1. The van der Waals surface area contributed by atoms with Crippen molar-refractivity contribution in [3.05, 3.63) is 63.1 Å². The molecule has 3 rings (SSSR count). The Balaban J connectivity index is 1.79. The van der Waals surface area contributed by atoms with E-state index in [-0.39, 0.29) is 21.8 Å². The van der Waals surface area contributed by atoms with Gasteiger partial charge in [0.2, 0.25) is 0 Å². The molecular formula is C22H21Cl2F3N2O2. The second-order valence-electron chi connectivity index (χ2n) is 7.52. The molecule has 9 heteroatoms. The predicted octanol–water partition coefficient (Wildman–Crippen LogP) is 6.57. The van der Waals surface area contributed by atoms with Crippen molar-refractivity contribution in [3.63, 3.8) is 0 Å². The number of nitrogens with one attached hydrogen (secondary N) is 2. The number of hydrogen-bond donors (Lipinski definition) is 2. The number of rotatable bonds is 5. The number of hydrogen-bond acceptors (Lipinski definition) is 2. The molecule has 1 fully saturated rings. The standard InChI is InChI=1S/C22H21Cl2F3N2O2/c23-14-9-10-18(16(11-14)20(30)28-12-13-5-2-1-3-6-13)29-21(31)15-7-4-8-17(19(15)24)22(25,26)27/h4,7-11,13H,1-3,5-6,12H2,(H,28,30)(H,29,31). The van der Waals surface area contributed by atoms with Gasteiger partial charge < -0.3 is 10.6 Å². The molecule has 0 unspecified atom stereocenters. The molecular weight excluding hydrogens is 452 g/mol. The second-order valence-corrected chi connectivity index (χ2v) is 8.34. The highest BCUT2D eigenvalue weighted by Crippen LogP contribution is 2.36. The Hall–Kier alpha value is -2.25. The maximum atomic E-state index is 13.1. The Morgan fingerprint density at radius 1 is 0.968 bits per heavy atom. The van der Waals surface area contributed by atoms with Crippen LogP contribution in [0, 0.1) is 5.92 Å². The topological polar surface area (TPSA) is 58.2 Å². The van der Waals surface area contributed by atoms with E-state index in [0.29, 0.717) is 12.5 Å². The maximum Gasteiger partial charge on any atom is 0.417 e. The van der Waals surface area contributed by atoms with Crippen molar-refractivity contribution < 1.29 is 22.8 Å². The smallest absolute Gasteiger partial charge is 0.352 e. The van der Waals surface area contributed by atoms with E-state index in [9.17, 15) is 22.8 Å². The van der Waals surface area contributed by atoms with E-state index >= 15 is 0 Å². The largest absolute Gasteiger partial charge is 0.417 e. The predicted molar refractivity (Wildman–Crippen MR) is 115 cm³/mol. The van der Waals surface area contributed by atoms with E-state index < -0.39 is 28.6 Å². The minimum Gasteiger partial charge on any atom is -0.352 e. The summed E-state index contributed by atoms with van der Waals surface area (Å²) in [5.41, 5.74) is -1.20. The first kappa shape index (κ1) is 23.4. The number of alkyl halides is 3. The fraction of sp³-hybridized carbons (Fsp3) is 0.364. The summed E-state index contributed by atoms with van der Waals surface area (Å²) in [5.74, 6) is -0.878. The van der Waals surface area contributed by atoms with Crippen LogP contribution in [0.5, 0.6) is 0 Å². The number of carbonyl (C=O) groups is 2. The molecule has 0 saturated heterocycles. The average Bonchev–Trinajstić information content (AvgIpc) is 2.73. The highest BCUT2D eigenvalue weighted by atomic mass is 35.5. The lowest BCUT2D eigenvalue weighted by atomic mass is 9.89. The molecule has 2 amide bonds. The Bertz CT molecular complexity index is 974. The number of anilines is 1. The van der Waals surface area contributed by atoms with Gasteiger partial charge in [-0.2, -0.15) is 13.2 Å². The Morgan fingerprint density at radius 2 is 1.68 bits per heavy atom. The zero-order valence-electron chi connectivity index (χ0n) is 16.5. The lowest BCUT2D eigenvalue weighted by molar-refractivity contribution is -0.137. The van der Waals surface area contributed by atoms with E-state index in [4.69, 9.17) is 23.2 Å². The number of amides is 2. The van der Waals surface area contributed by atoms with Crippen molar-refractivity contribution in [2.45, 2.75) is 38.3 Å². The summed E-state index contributed by atoms with van der Waals surface area (Å²) in [6, 6.07) is 7.39. The molecule has 0 aliphatic heterocycles. The molecule has 1 aliphatic rings. The van der Waals surface area contributed by atoms with Gasteiger partial charge in [0, 0.05) is 11.6 Å². The number of carbonyl (C=O) groups excluding carboxylic acids is 2. The third kappa shape index (κ3) is 5.92. The SMILES string of the molecule is O=C(NCC1CCCCC1)c1cc(Cl)ccc1NC(=O)c1cccc(C(F)(F)F)c1Cl. The zero-order valence-corrected chi connectivity index (χ0v) is 18.0. The molecule has 2 aromatic carbocycles. The van der Waals surface area contributed by atoms with Crippen LogP contribution in [-0.4, -0.2) is 18.4 Å². The van der Waals surface area contributed by atoms with E-state index in [0.717, 1.165) is 37.8 Å². The summed E-state index contributed by atoms with van der Waals surface area (Å²) in [6.07, 6.45) is 0.874. The quantitative estimate of drug-likeness (QED) is 0.516. The van der Waals surface area contributed by atoms with Gasteiger partial charge in [-0.3, -0.25) is 9.59 Å². The van der Waals surface area contributed by atoms with Crippen molar-refractivity contribution in [3.8, 4) is 0 Å². The summed E-state index contributed by atoms with van der Waals surface area (Å²) in [6.45, 7) is 0.512. The van der Waals surface area contributed by atoms with Gasteiger partial charge in [-0.05, 0) is 49.1 Å². The van der Waals surface area contributed by atoms with Gasteiger partial charge in [0.05, 0.1) is 27.4 Å². The first-order valence-corrected chi connectivity index (χ1v) is 10.7. The minimum absolute atomic E-state index is 0.125. The Kier molecular flexibility index (Phi) is 7.49. The van der Waals surface area contributed by atoms with Crippen LogP contribution in [0.1, 0.15) is 58.4 Å². The first-order valence-electron chi connectivity index (χ1n) is 9.91. The van der Waals surface area contributed by atoms with Crippen LogP contribution in [0.15, 0.2) is 36.4 Å². The van der Waals surface area contributed by atoms with Crippen molar-refractivity contribution in [2.75, 3.05) is 11.9 Å². The highest BCUT2D eigenvalue weighted by molar-refractivity contribution is 6.35. The molecule has 0 atom stereocenters. The summed E-state index contributed by atoms with van der Waals surface area (Å²) in [4.78, 5) is 25.4. The third-order valence-electron chi connectivity index (χ3n) is 5.30. The fourth-order valence-electron chi connectivity index (χ4n) is 3.65. The molecule has 1 aliphatic carbocycles. The van der Waals surface area contributed by atoms with E-state index in [1.807, 2.05) is 0 Å².